The first-order valence-electron chi connectivity index (χ1n) is 11.7. The molecule has 0 amide bonds. The maximum absolute atomic E-state index is 13.0. The third-order valence-corrected chi connectivity index (χ3v) is 6.26. The summed E-state index contributed by atoms with van der Waals surface area (Å²) >= 11 is 3.55. The number of halogens is 1. The van der Waals surface area contributed by atoms with Crippen LogP contribution in [-0.4, -0.2) is 48.9 Å². The topological polar surface area (TPSA) is 83.4 Å². The molecule has 0 aliphatic heterocycles. The molecule has 0 spiro atoms. The molecule has 0 aliphatic rings. The Morgan fingerprint density at radius 3 is 2.00 bits per heavy atom. The van der Waals surface area contributed by atoms with Crippen molar-refractivity contribution in [3.63, 3.8) is 0 Å². The van der Waals surface area contributed by atoms with E-state index in [1.165, 1.54) is 13.3 Å². The van der Waals surface area contributed by atoms with Gasteiger partial charge in [-0.25, -0.2) is 9.59 Å². The first-order chi connectivity index (χ1) is 17.9. The van der Waals surface area contributed by atoms with Gasteiger partial charge in [0.1, 0.15) is 25.9 Å². The highest BCUT2D eigenvalue weighted by atomic mass is 79.9. The Balaban J connectivity index is 1.79. The summed E-state index contributed by atoms with van der Waals surface area (Å²) < 4.78 is 17.5. The van der Waals surface area contributed by atoms with Crippen molar-refractivity contribution >= 4 is 34.1 Å². The van der Waals surface area contributed by atoms with Gasteiger partial charge in [0.15, 0.2) is 0 Å². The number of hydrogen-bond donors (Lipinski definition) is 0. The molecule has 3 rings (SSSR count). The van der Waals surface area contributed by atoms with Gasteiger partial charge in [0, 0.05) is 0 Å². The fourth-order valence-corrected chi connectivity index (χ4v) is 3.90. The van der Waals surface area contributed by atoms with Crippen LogP contribution in [0.4, 0.5) is 0 Å². The summed E-state index contributed by atoms with van der Waals surface area (Å²) in [5.41, 5.74) is 3.80. The van der Waals surface area contributed by atoms with Crippen molar-refractivity contribution in [2.75, 3.05) is 13.7 Å². The van der Waals surface area contributed by atoms with Crippen LogP contribution in [0.1, 0.15) is 37.4 Å². The number of alkyl halides is 1. The van der Waals surface area contributed by atoms with Crippen LogP contribution in [0.5, 0.6) is 0 Å². The van der Waals surface area contributed by atoms with E-state index in [-0.39, 0.29) is 13.2 Å². The van der Waals surface area contributed by atoms with E-state index in [0.717, 1.165) is 16.7 Å². The van der Waals surface area contributed by atoms with Gasteiger partial charge in [0.2, 0.25) is 0 Å². The zero-order chi connectivity index (χ0) is 26.6. The van der Waals surface area contributed by atoms with Crippen LogP contribution in [0.25, 0.3) is 0 Å². The highest BCUT2D eigenvalue weighted by Crippen LogP contribution is 2.20. The Morgan fingerprint density at radius 2 is 1.43 bits per heavy atom. The second-order valence-electron chi connectivity index (χ2n) is 8.41. The molecule has 0 aromatic heterocycles. The van der Waals surface area contributed by atoms with E-state index < -0.39 is 29.0 Å². The molecule has 0 N–H and O–H groups in total. The van der Waals surface area contributed by atoms with Gasteiger partial charge < -0.3 is 19.0 Å². The van der Waals surface area contributed by atoms with Gasteiger partial charge in [-0.1, -0.05) is 86.8 Å². The molecule has 194 valence electrons. The van der Waals surface area contributed by atoms with Crippen LogP contribution in [0, 0.1) is 13.8 Å². The molecule has 8 heteroatoms. The molecule has 3 aromatic rings. The lowest BCUT2D eigenvalue weighted by Gasteiger charge is -2.28. The van der Waals surface area contributed by atoms with Crippen molar-refractivity contribution in [1.82, 2.24) is 0 Å². The first-order valence-corrected chi connectivity index (χ1v) is 12.7. The molecule has 0 heterocycles. The number of ether oxygens (including phenoxy) is 3. The summed E-state index contributed by atoms with van der Waals surface area (Å²) in [6.45, 7) is 4.03. The molecule has 3 atom stereocenters. The Labute approximate surface area is 225 Å². The number of benzene rings is 3. The Bertz CT molecular complexity index is 1170. The van der Waals surface area contributed by atoms with E-state index >= 15 is 0 Å². The SMILES string of the molecule is CON=CC(OCc1ccccc1)C(OC(=O)c1ccc(C)cc1)C(Br)COC(=O)c1ccc(C)cc1. The maximum atomic E-state index is 13.0. The van der Waals surface area contributed by atoms with E-state index in [9.17, 15) is 9.59 Å². The molecule has 0 saturated heterocycles. The third kappa shape index (κ3) is 8.84. The molecule has 0 bridgehead atoms. The van der Waals surface area contributed by atoms with Crippen LogP contribution in [0.15, 0.2) is 84.0 Å². The average Bonchev–Trinajstić information content (AvgIpc) is 2.92. The first kappa shape index (κ1) is 28.1. The van der Waals surface area contributed by atoms with Crippen molar-refractivity contribution in [3.05, 3.63) is 107 Å². The van der Waals surface area contributed by atoms with Crippen molar-refractivity contribution < 1.29 is 28.6 Å². The van der Waals surface area contributed by atoms with Crippen LogP contribution in [-0.2, 0) is 25.7 Å². The molecular weight excluding hydrogens is 538 g/mol. The van der Waals surface area contributed by atoms with Crippen molar-refractivity contribution in [3.8, 4) is 0 Å². The fourth-order valence-electron chi connectivity index (χ4n) is 3.36. The zero-order valence-corrected chi connectivity index (χ0v) is 22.6. The predicted molar refractivity (Wildman–Crippen MR) is 145 cm³/mol. The van der Waals surface area contributed by atoms with Gasteiger partial charge in [-0.15, -0.1) is 0 Å². The van der Waals surface area contributed by atoms with Crippen LogP contribution < -0.4 is 0 Å². The lowest BCUT2D eigenvalue weighted by molar-refractivity contribution is -0.0353. The second kappa shape index (κ2) is 14.3. The Morgan fingerprint density at radius 1 is 0.865 bits per heavy atom. The summed E-state index contributed by atoms with van der Waals surface area (Å²) in [6, 6.07) is 23.7. The van der Waals surface area contributed by atoms with Crippen LogP contribution in [0.3, 0.4) is 0 Å². The van der Waals surface area contributed by atoms with Gasteiger partial charge in [-0.2, -0.15) is 0 Å². The number of esters is 2. The minimum Gasteiger partial charge on any atom is -0.461 e. The smallest absolute Gasteiger partial charge is 0.338 e. The molecule has 0 fully saturated rings. The number of rotatable bonds is 12. The summed E-state index contributed by atoms with van der Waals surface area (Å²) in [5.74, 6) is -1.03. The highest BCUT2D eigenvalue weighted by molar-refractivity contribution is 9.09. The van der Waals surface area contributed by atoms with E-state index in [1.807, 2.05) is 68.4 Å². The number of oxime groups is 1. The highest BCUT2D eigenvalue weighted by Gasteiger charge is 2.33. The largest absolute Gasteiger partial charge is 0.461 e. The molecule has 0 saturated carbocycles. The van der Waals surface area contributed by atoms with E-state index in [0.29, 0.717) is 11.1 Å². The van der Waals surface area contributed by atoms with Crippen molar-refractivity contribution in [2.45, 2.75) is 37.5 Å². The summed E-state index contributed by atoms with van der Waals surface area (Å²) in [4.78, 5) is 29.9. The predicted octanol–water partition coefficient (Wildman–Crippen LogP) is 5.67. The summed E-state index contributed by atoms with van der Waals surface area (Å²) in [7, 11) is 1.41. The lowest BCUT2D eigenvalue weighted by Crippen LogP contribution is -2.43. The molecule has 7 nitrogen and oxygen atoms in total. The van der Waals surface area contributed by atoms with E-state index in [1.54, 1.807) is 24.3 Å². The third-order valence-electron chi connectivity index (χ3n) is 5.47. The monoisotopic (exact) mass is 567 g/mol. The van der Waals surface area contributed by atoms with Gasteiger partial charge in [-0.3, -0.25) is 0 Å². The fraction of sp³-hybridized carbons (Fsp3) is 0.276. The van der Waals surface area contributed by atoms with E-state index in [4.69, 9.17) is 19.0 Å². The summed E-state index contributed by atoms with van der Waals surface area (Å²) in [5, 5.41) is 3.86. The van der Waals surface area contributed by atoms with Crippen LogP contribution >= 0.6 is 15.9 Å². The molecule has 37 heavy (non-hydrogen) atoms. The molecule has 0 aliphatic carbocycles. The molecule has 3 aromatic carbocycles. The van der Waals surface area contributed by atoms with E-state index in [2.05, 4.69) is 21.1 Å². The number of hydrogen-bond acceptors (Lipinski definition) is 7. The Kier molecular flexibility index (Phi) is 10.9. The lowest BCUT2D eigenvalue weighted by atomic mass is 10.1. The van der Waals surface area contributed by atoms with Gasteiger partial charge in [0.25, 0.3) is 0 Å². The summed E-state index contributed by atoms with van der Waals surface area (Å²) in [6.07, 6.45) is -0.286. The van der Waals surface area contributed by atoms with Crippen LogP contribution in [0.2, 0.25) is 0 Å². The van der Waals surface area contributed by atoms with Gasteiger partial charge in [-0.05, 0) is 43.7 Å². The normalized spacial score (nSPS) is 13.5. The van der Waals surface area contributed by atoms with Crippen molar-refractivity contribution in [2.24, 2.45) is 5.16 Å². The number of nitrogens with zero attached hydrogens (tertiary/aromatic N) is 1. The minimum absolute atomic E-state index is 0.0788. The second-order valence-corrected chi connectivity index (χ2v) is 9.59. The van der Waals surface area contributed by atoms with Gasteiger partial charge >= 0.3 is 11.9 Å². The quantitative estimate of drug-likeness (QED) is 0.121. The standard InChI is InChI=1S/C29H30BrNO6/c1-20-9-13-23(14-10-20)28(32)36-19-25(30)27(37-29(33)24-15-11-21(2)12-16-24)26(17-31-34-3)35-18-22-7-5-4-6-8-22/h4-17,25-27H,18-19H2,1-3H3. The average molecular weight is 568 g/mol. The molecular formula is C29H30BrNO6. The van der Waals surface area contributed by atoms with Crippen molar-refractivity contribution in [1.29, 1.82) is 0 Å². The van der Waals surface area contributed by atoms with Gasteiger partial charge in [0.05, 0.1) is 28.8 Å². The zero-order valence-electron chi connectivity index (χ0n) is 21.0. The number of aryl methyl sites for hydroxylation is 2. The number of carbonyl (C=O) groups excluding carboxylic acids is 2. The minimum atomic E-state index is -0.901. The molecule has 0 radical (unpaired) electrons. The Hall–Kier alpha value is -3.49. The molecule has 3 unspecified atom stereocenters. The number of carbonyl (C=O) groups is 2. The maximum Gasteiger partial charge on any atom is 0.338 e.